The maximum absolute atomic E-state index is 13.6. The predicted octanol–water partition coefficient (Wildman–Crippen LogP) is 1.50. The lowest BCUT2D eigenvalue weighted by Crippen LogP contribution is -2.46. The standard InChI is InChI=1S/C14H19FN2O/c1-11-2-3-12(13(15)10-11)4-5-14(18)17-8-6-16-7-9-17/h2-3,10,16H,4-9H2,1H3. The minimum Gasteiger partial charge on any atom is -0.340 e. The lowest BCUT2D eigenvalue weighted by Gasteiger charge is -2.27. The molecule has 3 nitrogen and oxygen atoms in total. The van der Waals surface area contributed by atoms with E-state index >= 15 is 0 Å². The van der Waals surface area contributed by atoms with E-state index in [0.29, 0.717) is 18.4 Å². The molecular weight excluding hydrogens is 231 g/mol. The molecule has 4 heteroatoms. The number of piperazine rings is 1. The Kier molecular flexibility index (Phi) is 4.31. The minimum absolute atomic E-state index is 0.122. The number of carbonyl (C=O) groups excluding carboxylic acids is 1. The molecule has 2 rings (SSSR count). The van der Waals surface area contributed by atoms with Gasteiger partial charge < -0.3 is 10.2 Å². The van der Waals surface area contributed by atoms with Crippen LogP contribution in [0.3, 0.4) is 0 Å². The molecule has 0 unspecified atom stereocenters. The second-order valence-corrected chi connectivity index (χ2v) is 4.73. The van der Waals surface area contributed by atoms with Crippen molar-refractivity contribution in [2.24, 2.45) is 0 Å². The van der Waals surface area contributed by atoms with Crippen molar-refractivity contribution in [3.8, 4) is 0 Å². The Morgan fingerprint density at radius 1 is 1.39 bits per heavy atom. The Hall–Kier alpha value is -1.42. The van der Waals surface area contributed by atoms with Gasteiger partial charge in [0.1, 0.15) is 5.82 Å². The number of aryl methyl sites for hydroxylation is 2. The van der Waals surface area contributed by atoms with E-state index in [-0.39, 0.29) is 11.7 Å². The fourth-order valence-electron chi connectivity index (χ4n) is 2.17. The molecule has 1 heterocycles. The zero-order chi connectivity index (χ0) is 13.0. The highest BCUT2D eigenvalue weighted by Gasteiger charge is 2.16. The summed E-state index contributed by atoms with van der Waals surface area (Å²) in [7, 11) is 0. The van der Waals surface area contributed by atoms with Crippen LogP contribution in [0.1, 0.15) is 17.5 Å². The minimum atomic E-state index is -0.205. The van der Waals surface area contributed by atoms with Crippen molar-refractivity contribution in [1.82, 2.24) is 10.2 Å². The molecule has 1 amide bonds. The van der Waals surface area contributed by atoms with Crippen LogP contribution in [0.4, 0.5) is 4.39 Å². The van der Waals surface area contributed by atoms with Crippen LogP contribution in [0.5, 0.6) is 0 Å². The molecule has 1 N–H and O–H groups in total. The van der Waals surface area contributed by atoms with E-state index < -0.39 is 0 Å². The fourth-order valence-corrected chi connectivity index (χ4v) is 2.17. The highest BCUT2D eigenvalue weighted by atomic mass is 19.1. The van der Waals surface area contributed by atoms with Crippen LogP contribution < -0.4 is 5.32 Å². The van der Waals surface area contributed by atoms with E-state index in [1.807, 2.05) is 17.9 Å². The first-order valence-electron chi connectivity index (χ1n) is 6.40. The van der Waals surface area contributed by atoms with Gasteiger partial charge in [-0.15, -0.1) is 0 Å². The highest BCUT2D eigenvalue weighted by molar-refractivity contribution is 5.76. The predicted molar refractivity (Wildman–Crippen MR) is 68.9 cm³/mol. The van der Waals surface area contributed by atoms with Crippen molar-refractivity contribution in [3.63, 3.8) is 0 Å². The van der Waals surface area contributed by atoms with Crippen LogP contribution in [-0.4, -0.2) is 37.0 Å². The number of rotatable bonds is 3. The second-order valence-electron chi connectivity index (χ2n) is 4.73. The van der Waals surface area contributed by atoms with Crippen molar-refractivity contribution in [2.75, 3.05) is 26.2 Å². The molecule has 1 aliphatic rings. The van der Waals surface area contributed by atoms with E-state index in [1.54, 1.807) is 6.07 Å². The smallest absolute Gasteiger partial charge is 0.222 e. The molecule has 1 saturated heterocycles. The average molecular weight is 250 g/mol. The van der Waals surface area contributed by atoms with Gasteiger partial charge in [-0.25, -0.2) is 4.39 Å². The van der Waals surface area contributed by atoms with Gasteiger partial charge in [0.25, 0.3) is 0 Å². The third-order valence-corrected chi connectivity index (χ3v) is 3.29. The van der Waals surface area contributed by atoms with E-state index in [9.17, 15) is 9.18 Å². The zero-order valence-electron chi connectivity index (χ0n) is 10.7. The Morgan fingerprint density at radius 3 is 2.78 bits per heavy atom. The number of carbonyl (C=O) groups is 1. The normalized spacial score (nSPS) is 15.8. The quantitative estimate of drug-likeness (QED) is 0.881. The Morgan fingerprint density at radius 2 is 2.11 bits per heavy atom. The number of halogens is 1. The molecule has 0 spiro atoms. The van der Waals surface area contributed by atoms with E-state index in [0.717, 1.165) is 31.7 Å². The number of nitrogens with one attached hydrogen (secondary N) is 1. The molecule has 18 heavy (non-hydrogen) atoms. The van der Waals surface area contributed by atoms with Crippen molar-refractivity contribution < 1.29 is 9.18 Å². The van der Waals surface area contributed by atoms with Crippen molar-refractivity contribution in [1.29, 1.82) is 0 Å². The Balaban J connectivity index is 1.88. The van der Waals surface area contributed by atoms with Gasteiger partial charge in [-0.3, -0.25) is 4.79 Å². The molecule has 0 aliphatic carbocycles. The summed E-state index contributed by atoms with van der Waals surface area (Å²) in [5.74, 6) is -0.0837. The molecule has 0 radical (unpaired) electrons. The van der Waals surface area contributed by atoms with E-state index in [4.69, 9.17) is 0 Å². The number of hydrogen-bond donors (Lipinski definition) is 1. The summed E-state index contributed by atoms with van der Waals surface area (Å²) in [5, 5.41) is 3.20. The SMILES string of the molecule is Cc1ccc(CCC(=O)N2CCNCC2)c(F)c1. The van der Waals surface area contributed by atoms with Crippen molar-refractivity contribution >= 4 is 5.91 Å². The molecular formula is C14H19FN2O. The van der Waals surface area contributed by atoms with Crippen LogP contribution in [0.15, 0.2) is 18.2 Å². The van der Waals surface area contributed by atoms with Crippen molar-refractivity contribution in [2.45, 2.75) is 19.8 Å². The monoisotopic (exact) mass is 250 g/mol. The summed E-state index contributed by atoms with van der Waals surface area (Å²) in [6, 6.07) is 5.17. The molecule has 1 aliphatic heterocycles. The fraction of sp³-hybridized carbons (Fsp3) is 0.500. The highest BCUT2D eigenvalue weighted by Crippen LogP contribution is 2.12. The zero-order valence-corrected chi connectivity index (χ0v) is 10.7. The van der Waals surface area contributed by atoms with Gasteiger partial charge in [0.05, 0.1) is 0 Å². The lowest BCUT2D eigenvalue weighted by atomic mass is 10.1. The number of nitrogens with zero attached hydrogens (tertiary/aromatic N) is 1. The first kappa shape index (κ1) is 13.0. The summed E-state index contributed by atoms with van der Waals surface area (Å²) in [6.45, 7) is 5.08. The van der Waals surface area contributed by atoms with Gasteiger partial charge in [-0.1, -0.05) is 12.1 Å². The van der Waals surface area contributed by atoms with Crippen LogP contribution in [0, 0.1) is 12.7 Å². The van der Waals surface area contributed by atoms with Gasteiger partial charge in [-0.05, 0) is 30.5 Å². The third-order valence-electron chi connectivity index (χ3n) is 3.29. The van der Waals surface area contributed by atoms with Gasteiger partial charge >= 0.3 is 0 Å². The summed E-state index contributed by atoms with van der Waals surface area (Å²) in [6.07, 6.45) is 0.870. The van der Waals surface area contributed by atoms with Crippen LogP contribution in [0.25, 0.3) is 0 Å². The number of hydrogen-bond acceptors (Lipinski definition) is 2. The maximum atomic E-state index is 13.6. The maximum Gasteiger partial charge on any atom is 0.222 e. The second kappa shape index (κ2) is 5.96. The largest absolute Gasteiger partial charge is 0.340 e. The number of amides is 1. The van der Waals surface area contributed by atoms with E-state index in [1.165, 1.54) is 6.07 Å². The summed E-state index contributed by atoms with van der Waals surface area (Å²) >= 11 is 0. The Labute approximate surface area is 107 Å². The molecule has 0 aromatic heterocycles. The molecule has 0 saturated carbocycles. The van der Waals surface area contributed by atoms with Gasteiger partial charge in [0.15, 0.2) is 0 Å². The molecule has 98 valence electrons. The number of benzene rings is 1. The third kappa shape index (κ3) is 3.29. The average Bonchev–Trinajstić information content (AvgIpc) is 2.38. The summed E-state index contributed by atoms with van der Waals surface area (Å²) in [4.78, 5) is 13.8. The van der Waals surface area contributed by atoms with Crippen molar-refractivity contribution in [3.05, 3.63) is 35.1 Å². The molecule has 0 bridgehead atoms. The van der Waals surface area contributed by atoms with Crippen LogP contribution in [-0.2, 0) is 11.2 Å². The topological polar surface area (TPSA) is 32.3 Å². The molecule has 1 aromatic carbocycles. The van der Waals surface area contributed by atoms with E-state index in [2.05, 4.69) is 5.32 Å². The lowest BCUT2D eigenvalue weighted by molar-refractivity contribution is -0.131. The Bertz CT molecular complexity index is 428. The van der Waals surface area contributed by atoms with Gasteiger partial charge in [0.2, 0.25) is 5.91 Å². The first-order valence-corrected chi connectivity index (χ1v) is 6.40. The van der Waals surface area contributed by atoms with Gasteiger partial charge in [-0.2, -0.15) is 0 Å². The summed E-state index contributed by atoms with van der Waals surface area (Å²) < 4.78 is 13.6. The first-order chi connectivity index (χ1) is 8.66. The summed E-state index contributed by atoms with van der Waals surface area (Å²) in [5.41, 5.74) is 1.54. The van der Waals surface area contributed by atoms with Gasteiger partial charge in [0, 0.05) is 32.6 Å². The molecule has 0 atom stereocenters. The van der Waals surface area contributed by atoms with Crippen LogP contribution >= 0.6 is 0 Å². The molecule has 1 fully saturated rings. The molecule has 1 aromatic rings. The van der Waals surface area contributed by atoms with Crippen LogP contribution in [0.2, 0.25) is 0 Å².